The summed E-state index contributed by atoms with van der Waals surface area (Å²) in [5.41, 5.74) is 0. The van der Waals surface area contributed by atoms with Crippen LogP contribution in [0.1, 0.15) is 40.0 Å². The van der Waals surface area contributed by atoms with Gasteiger partial charge < -0.3 is 10.4 Å². The van der Waals surface area contributed by atoms with Crippen molar-refractivity contribution >= 4 is 0 Å². The zero-order chi connectivity index (χ0) is 8.69. The van der Waals surface area contributed by atoms with Crippen LogP contribution in [0.25, 0.3) is 0 Å². The van der Waals surface area contributed by atoms with Gasteiger partial charge in [-0.05, 0) is 19.3 Å². The molecule has 0 rings (SSSR count). The van der Waals surface area contributed by atoms with Crippen molar-refractivity contribution in [3.63, 3.8) is 0 Å². The standard InChI is InChI=1S/C9H21NO/c1-4-8(5-2)10-9(6-3)7-11/h8-11H,4-7H2,1-3H3. The van der Waals surface area contributed by atoms with E-state index < -0.39 is 0 Å². The van der Waals surface area contributed by atoms with Crippen LogP contribution in [0.3, 0.4) is 0 Å². The van der Waals surface area contributed by atoms with E-state index in [0.29, 0.717) is 12.1 Å². The third-order valence-corrected chi connectivity index (χ3v) is 2.17. The van der Waals surface area contributed by atoms with E-state index in [9.17, 15) is 0 Å². The average Bonchev–Trinajstić information content (AvgIpc) is 2.07. The van der Waals surface area contributed by atoms with Crippen LogP contribution in [-0.2, 0) is 0 Å². The molecular weight excluding hydrogens is 138 g/mol. The SMILES string of the molecule is CCC(CC)NC(CC)CO. The van der Waals surface area contributed by atoms with Crippen molar-refractivity contribution in [2.24, 2.45) is 0 Å². The van der Waals surface area contributed by atoms with Crippen LogP contribution in [0.15, 0.2) is 0 Å². The van der Waals surface area contributed by atoms with E-state index in [1.165, 1.54) is 0 Å². The van der Waals surface area contributed by atoms with Gasteiger partial charge in [0.1, 0.15) is 0 Å². The number of aliphatic hydroxyl groups is 1. The molecule has 0 aliphatic carbocycles. The smallest absolute Gasteiger partial charge is 0.0584 e. The Balaban J connectivity index is 3.58. The molecule has 2 nitrogen and oxygen atoms in total. The molecule has 0 saturated heterocycles. The van der Waals surface area contributed by atoms with E-state index in [2.05, 4.69) is 26.1 Å². The van der Waals surface area contributed by atoms with Crippen molar-refractivity contribution < 1.29 is 5.11 Å². The van der Waals surface area contributed by atoms with E-state index >= 15 is 0 Å². The van der Waals surface area contributed by atoms with Crippen LogP contribution in [0.2, 0.25) is 0 Å². The maximum Gasteiger partial charge on any atom is 0.0584 e. The van der Waals surface area contributed by atoms with Crippen LogP contribution in [0.4, 0.5) is 0 Å². The van der Waals surface area contributed by atoms with E-state index in [0.717, 1.165) is 19.3 Å². The maximum absolute atomic E-state index is 8.90. The van der Waals surface area contributed by atoms with Gasteiger partial charge in [-0.2, -0.15) is 0 Å². The summed E-state index contributed by atoms with van der Waals surface area (Å²) in [5, 5.41) is 12.3. The Kier molecular flexibility index (Phi) is 6.57. The van der Waals surface area contributed by atoms with Crippen molar-refractivity contribution in [2.45, 2.75) is 52.1 Å². The Hall–Kier alpha value is -0.0800. The molecule has 68 valence electrons. The molecule has 0 aromatic heterocycles. The lowest BCUT2D eigenvalue weighted by atomic mass is 10.1. The molecule has 1 atom stereocenters. The van der Waals surface area contributed by atoms with E-state index in [-0.39, 0.29) is 6.61 Å². The van der Waals surface area contributed by atoms with Crippen LogP contribution in [0, 0.1) is 0 Å². The highest BCUT2D eigenvalue weighted by Crippen LogP contribution is 1.99. The topological polar surface area (TPSA) is 32.3 Å². The summed E-state index contributed by atoms with van der Waals surface area (Å²) < 4.78 is 0. The molecule has 1 unspecified atom stereocenters. The summed E-state index contributed by atoms with van der Waals surface area (Å²) in [6.07, 6.45) is 3.30. The summed E-state index contributed by atoms with van der Waals surface area (Å²) in [7, 11) is 0. The van der Waals surface area contributed by atoms with Crippen molar-refractivity contribution in [2.75, 3.05) is 6.61 Å². The Labute approximate surface area is 70.0 Å². The Morgan fingerprint density at radius 2 is 1.45 bits per heavy atom. The summed E-state index contributed by atoms with van der Waals surface area (Å²) in [4.78, 5) is 0. The second-order valence-electron chi connectivity index (χ2n) is 2.97. The van der Waals surface area contributed by atoms with Crippen LogP contribution in [-0.4, -0.2) is 23.8 Å². The number of rotatable bonds is 6. The number of hydrogen-bond acceptors (Lipinski definition) is 2. The zero-order valence-corrected chi connectivity index (χ0v) is 7.93. The first-order valence-corrected chi connectivity index (χ1v) is 4.65. The maximum atomic E-state index is 8.90. The minimum atomic E-state index is 0.257. The highest BCUT2D eigenvalue weighted by atomic mass is 16.3. The van der Waals surface area contributed by atoms with Crippen LogP contribution >= 0.6 is 0 Å². The summed E-state index contributed by atoms with van der Waals surface area (Å²) in [5.74, 6) is 0. The molecule has 0 bridgehead atoms. The second kappa shape index (κ2) is 6.62. The van der Waals surface area contributed by atoms with Gasteiger partial charge in [-0.15, -0.1) is 0 Å². The lowest BCUT2D eigenvalue weighted by Crippen LogP contribution is -2.39. The normalized spacial score (nSPS) is 13.9. The van der Waals surface area contributed by atoms with E-state index in [1.807, 2.05) is 0 Å². The van der Waals surface area contributed by atoms with Gasteiger partial charge in [0.25, 0.3) is 0 Å². The number of aliphatic hydroxyl groups excluding tert-OH is 1. The quantitative estimate of drug-likeness (QED) is 0.616. The first-order chi connectivity index (χ1) is 5.28. The fourth-order valence-electron chi connectivity index (χ4n) is 1.16. The Morgan fingerprint density at radius 1 is 1.00 bits per heavy atom. The van der Waals surface area contributed by atoms with Gasteiger partial charge in [0.15, 0.2) is 0 Å². The molecule has 2 heteroatoms. The molecule has 0 aromatic carbocycles. The predicted molar refractivity (Wildman–Crippen MR) is 48.7 cm³/mol. The zero-order valence-electron chi connectivity index (χ0n) is 7.93. The summed E-state index contributed by atoms with van der Waals surface area (Å²) in [6.45, 7) is 6.69. The van der Waals surface area contributed by atoms with Crippen LogP contribution < -0.4 is 5.32 Å². The van der Waals surface area contributed by atoms with Crippen LogP contribution in [0.5, 0.6) is 0 Å². The molecule has 0 fully saturated rings. The first kappa shape index (κ1) is 10.9. The van der Waals surface area contributed by atoms with Gasteiger partial charge >= 0.3 is 0 Å². The second-order valence-corrected chi connectivity index (χ2v) is 2.97. The van der Waals surface area contributed by atoms with Crippen molar-refractivity contribution in [1.82, 2.24) is 5.32 Å². The Bertz CT molecular complexity index is 67.6. The molecule has 0 heterocycles. The lowest BCUT2D eigenvalue weighted by Gasteiger charge is -2.21. The van der Waals surface area contributed by atoms with Gasteiger partial charge in [0, 0.05) is 12.1 Å². The Morgan fingerprint density at radius 3 is 1.73 bits per heavy atom. The molecule has 11 heavy (non-hydrogen) atoms. The largest absolute Gasteiger partial charge is 0.395 e. The number of nitrogens with one attached hydrogen (secondary N) is 1. The summed E-state index contributed by atoms with van der Waals surface area (Å²) >= 11 is 0. The first-order valence-electron chi connectivity index (χ1n) is 4.65. The van der Waals surface area contributed by atoms with Gasteiger partial charge in [-0.3, -0.25) is 0 Å². The van der Waals surface area contributed by atoms with Gasteiger partial charge in [0.2, 0.25) is 0 Å². The summed E-state index contributed by atoms with van der Waals surface area (Å²) in [6, 6.07) is 0.868. The fourth-order valence-corrected chi connectivity index (χ4v) is 1.16. The van der Waals surface area contributed by atoms with Gasteiger partial charge in [-0.25, -0.2) is 0 Å². The molecule has 0 amide bonds. The molecular formula is C9H21NO. The molecule has 0 aliphatic heterocycles. The molecule has 2 N–H and O–H groups in total. The molecule has 0 aliphatic rings. The minimum absolute atomic E-state index is 0.257. The highest BCUT2D eigenvalue weighted by molar-refractivity contribution is 4.70. The van der Waals surface area contributed by atoms with Crippen molar-refractivity contribution in [3.8, 4) is 0 Å². The third-order valence-electron chi connectivity index (χ3n) is 2.17. The highest BCUT2D eigenvalue weighted by Gasteiger charge is 2.08. The van der Waals surface area contributed by atoms with Gasteiger partial charge in [-0.1, -0.05) is 20.8 Å². The van der Waals surface area contributed by atoms with Gasteiger partial charge in [0.05, 0.1) is 6.61 Å². The third kappa shape index (κ3) is 4.38. The van der Waals surface area contributed by atoms with E-state index in [4.69, 9.17) is 5.11 Å². The molecule has 0 saturated carbocycles. The minimum Gasteiger partial charge on any atom is -0.395 e. The lowest BCUT2D eigenvalue weighted by molar-refractivity contribution is 0.225. The molecule has 0 aromatic rings. The van der Waals surface area contributed by atoms with E-state index in [1.54, 1.807) is 0 Å². The average molecular weight is 159 g/mol. The molecule has 0 radical (unpaired) electrons. The molecule has 0 spiro atoms. The fraction of sp³-hybridized carbons (Fsp3) is 1.00. The predicted octanol–water partition coefficient (Wildman–Crippen LogP) is 1.54. The van der Waals surface area contributed by atoms with Crippen molar-refractivity contribution in [3.05, 3.63) is 0 Å². The number of hydrogen-bond donors (Lipinski definition) is 2. The monoisotopic (exact) mass is 159 g/mol. The van der Waals surface area contributed by atoms with Crippen molar-refractivity contribution in [1.29, 1.82) is 0 Å².